The van der Waals surface area contributed by atoms with E-state index in [1.54, 1.807) is 7.11 Å². The zero-order valence-corrected chi connectivity index (χ0v) is 15.2. The summed E-state index contributed by atoms with van der Waals surface area (Å²) in [6.45, 7) is 0.940. The molecule has 0 aliphatic carbocycles. The molecule has 1 aliphatic heterocycles. The first kappa shape index (κ1) is 18.5. The number of benzene rings is 1. The number of likely N-dealkylation sites (N-methyl/N-ethyl adjacent to an activating group) is 1. The average molecular weight is 330 g/mol. The Morgan fingerprint density at radius 3 is 2.19 bits per heavy atom. The summed E-state index contributed by atoms with van der Waals surface area (Å²) in [6, 6.07) is 10.4. The van der Waals surface area contributed by atoms with Crippen LogP contribution in [0.4, 0.5) is 0 Å². The van der Waals surface area contributed by atoms with E-state index < -0.39 is 8.32 Å². The summed E-state index contributed by atoms with van der Waals surface area (Å²) < 4.78 is 5.24. The van der Waals surface area contributed by atoms with Gasteiger partial charge in [-0.05, 0) is 43.9 Å². The predicted molar refractivity (Wildman–Crippen MR) is 93.0 cm³/mol. The molecule has 0 saturated carbocycles. The van der Waals surface area contributed by atoms with Gasteiger partial charge in [0.05, 0.1) is 7.11 Å². The Morgan fingerprint density at radius 2 is 1.71 bits per heavy atom. The SMILES string of the molecule is COc1ccc([C@H](CN(C)C)[Si]2(O)CCCCC2)cc1.Cl. The molecular weight excluding hydrogens is 302 g/mol. The summed E-state index contributed by atoms with van der Waals surface area (Å²) in [5.74, 6) is 0.884. The van der Waals surface area contributed by atoms with Crippen LogP contribution in [0.1, 0.15) is 30.4 Å². The standard InChI is InChI=1S/C16H27NO2Si.ClH/c1-17(2)13-16(20(18)11-5-4-6-12-20)14-7-9-15(19-3)10-8-14;/h7-10,16,18H,4-6,11-13H2,1-3H3;1H/t16-;/m0./s1. The maximum Gasteiger partial charge on any atom is 0.197 e. The van der Waals surface area contributed by atoms with Crippen LogP contribution >= 0.6 is 12.4 Å². The molecular formula is C16H28ClNO2Si. The lowest BCUT2D eigenvalue weighted by Crippen LogP contribution is -2.47. The van der Waals surface area contributed by atoms with Gasteiger partial charge in [0.2, 0.25) is 0 Å². The van der Waals surface area contributed by atoms with Crippen molar-refractivity contribution in [2.45, 2.75) is 36.9 Å². The molecule has 120 valence electrons. The van der Waals surface area contributed by atoms with E-state index in [-0.39, 0.29) is 12.4 Å². The number of rotatable bonds is 5. The van der Waals surface area contributed by atoms with Crippen molar-refractivity contribution >= 4 is 20.7 Å². The summed E-state index contributed by atoms with van der Waals surface area (Å²) in [7, 11) is 3.70. The molecule has 1 heterocycles. The Hall–Kier alpha value is -0.553. The Kier molecular flexibility index (Phi) is 7.20. The molecule has 0 amide bonds. The number of hydrogen-bond donors (Lipinski definition) is 1. The normalized spacial score (nSPS) is 18.9. The molecule has 0 spiro atoms. The molecule has 21 heavy (non-hydrogen) atoms. The van der Waals surface area contributed by atoms with Crippen molar-refractivity contribution in [3.63, 3.8) is 0 Å². The molecule has 3 nitrogen and oxygen atoms in total. The monoisotopic (exact) mass is 329 g/mol. The zero-order chi connectivity index (χ0) is 14.6. The molecule has 1 N–H and O–H groups in total. The Bertz CT molecular complexity index is 419. The van der Waals surface area contributed by atoms with Gasteiger partial charge >= 0.3 is 0 Å². The van der Waals surface area contributed by atoms with Crippen molar-refractivity contribution in [3.8, 4) is 5.75 Å². The van der Waals surface area contributed by atoms with Gasteiger partial charge in [-0.1, -0.05) is 31.4 Å². The van der Waals surface area contributed by atoms with Crippen molar-refractivity contribution in [1.82, 2.24) is 4.90 Å². The number of methoxy groups -OCH3 is 1. The highest BCUT2D eigenvalue weighted by Gasteiger charge is 2.42. The van der Waals surface area contributed by atoms with Gasteiger partial charge in [0.1, 0.15) is 5.75 Å². The van der Waals surface area contributed by atoms with E-state index >= 15 is 0 Å². The number of hydrogen-bond acceptors (Lipinski definition) is 3. The van der Waals surface area contributed by atoms with Crippen LogP contribution in [0.3, 0.4) is 0 Å². The van der Waals surface area contributed by atoms with Crippen molar-refractivity contribution in [1.29, 1.82) is 0 Å². The second-order valence-corrected chi connectivity index (χ2v) is 10.2. The molecule has 1 aliphatic rings. The minimum Gasteiger partial charge on any atom is -0.497 e. The summed E-state index contributed by atoms with van der Waals surface area (Å²) >= 11 is 0. The molecule has 0 aromatic heterocycles. The fourth-order valence-corrected chi connectivity index (χ4v) is 7.49. The van der Waals surface area contributed by atoms with Crippen LogP contribution in [0.5, 0.6) is 5.75 Å². The third-order valence-electron chi connectivity index (χ3n) is 4.43. The fourth-order valence-electron chi connectivity index (χ4n) is 3.30. The lowest BCUT2D eigenvalue weighted by atomic mass is 10.1. The first-order valence-electron chi connectivity index (χ1n) is 7.56. The first-order valence-corrected chi connectivity index (χ1v) is 10.00. The molecule has 0 radical (unpaired) electrons. The third kappa shape index (κ3) is 4.71. The van der Waals surface area contributed by atoms with Gasteiger partial charge in [-0.3, -0.25) is 0 Å². The average Bonchev–Trinajstić information content (AvgIpc) is 2.45. The Labute approximate surface area is 135 Å². The predicted octanol–water partition coefficient (Wildman–Crippen LogP) is 3.42. The quantitative estimate of drug-likeness (QED) is 0.840. The van der Waals surface area contributed by atoms with Gasteiger partial charge in [-0.15, -0.1) is 12.4 Å². The largest absolute Gasteiger partial charge is 0.497 e. The van der Waals surface area contributed by atoms with Crippen molar-refractivity contribution in [3.05, 3.63) is 29.8 Å². The molecule has 1 atom stereocenters. The number of halogens is 1. The van der Waals surface area contributed by atoms with Crippen molar-refractivity contribution in [2.24, 2.45) is 0 Å². The third-order valence-corrected chi connectivity index (χ3v) is 8.69. The molecule has 1 saturated heterocycles. The van der Waals surface area contributed by atoms with Crippen molar-refractivity contribution < 1.29 is 9.53 Å². The van der Waals surface area contributed by atoms with Crippen LogP contribution in [0.2, 0.25) is 12.1 Å². The Morgan fingerprint density at radius 1 is 1.14 bits per heavy atom. The minimum absolute atomic E-state index is 0. The summed E-state index contributed by atoms with van der Waals surface area (Å²) in [5, 5.41) is 0. The topological polar surface area (TPSA) is 32.7 Å². The number of nitrogens with zero attached hydrogens (tertiary/aromatic N) is 1. The van der Waals surface area contributed by atoms with Gasteiger partial charge in [-0.25, -0.2) is 0 Å². The fraction of sp³-hybridized carbons (Fsp3) is 0.625. The van der Waals surface area contributed by atoms with E-state index in [9.17, 15) is 4.80 Å². The number of ether oxygens (including phenoxy) is 1. The highest BCUT2D eigenvalue weighted by Crippen LogP contribution is 2.38. The molecule has 0 bridgehead atoms. The van der Waals surface area contributed by atoms with Crippen LogP contribution in [0.25, 0.3) is 0 Å². The first-order chi connectivity index (χ1) is 9.55. The van der Waals surface area contributed by atoms with E-state index in [2.05, 4.69) is 31.1 Å². The zero-order valence-electron chi connectivity index (χ0n) is 13.3. The maximum atomic E-state index is 11.2. The van der Waals surface area contributed by atoms with Gasteiger partial charge in [0.25, 0.3) is 0 Å². The van der Waals surface area contributed by atoms with Gasteiger partial charge in [0, 0.05) is 12.1 Å². The lowest BCUT2D eigenvalue weighted by Gasteiger charge is -2.38. The molecule has 1 aromatic carbocycles. The van der Waals surface area contributed by atoms with Crippen LogP contribution in [0.15, 0.2) is 24.3 Å². The van der Waals surface area contributed by atoms with Crippen LogP contribution in [-0.4, -0.2) is 45.8 Å². The second kappa shape index (κ2) is 8.18. The molecule has 2 rings (SSSR count). The molecule has 5 heteroatoms. The van der Waals surface area contributed by atoms with Crippen LogP contribution in [0, 0.1) is 0 Å². The highest BCUT2D eigenvalue weighted by atomic mass is 35.5. The summed E-state index contributed by atoms with van der Waals surface area (Å²) in [6.07, 6.45) is 3.68. The molecule has 1 fully saturated rings. The van der Waals surface area contributed by atoms with Gasteiger partial charge in [0.15, 0.2) is 8.32 Å². The van der Waals surface area contributed by atoms with E-state index in [0.29, 0.717) is 5.54 Å². The smallest absolute Gasteiger partial charge is 0.197 e. The van der Waals surface area contributed by atoms with Crippen LogP contribution < -0.4 is 4.74 Å². The van der Waals surface area contributed by atoms with Gasteiger partial charge < -0.3 is 14.4 Å². The molecule has 1 aromatic rings. The van der Waals surface area contributed by atoms with E-state index in [4.69, 9.17) is 4.74 Å². The van der Waals surface area contributed by atoms with Crippen LogP contribution in [-0.2, 0) is 0 Å². The summed E-state index contributed by atoms with van der Waals surface area (Å²) in [4.78, 5) is 13.4. The minimum atomic E-state index is -2.18. The van der Waals surface area contributed by atoms with Crippen molar-refractivity contribution in [2.75, 3.05) is 27.7 Å². The van der Waals surface area contributed by atoms with E-state index in [0.717, 1.165) is 24.4 Å². The lowest BCUT2D eigenvalue weighted by molar-refractivity contribution is 0.373. The Balaban J connectivity index is 0.00000220. The highest BCUT2D eigenvalue weighted by molar-refractivity contribution is 6.74. The second-order valence-electron chi connectivity index (χ2n) is 6.25. The van der Waals surface area contributed by atoms with E-state index in [1.807, 2.05) is 12.1 Å². The van der Waals surface area contributed by atoms with Gasteiger partial charge in [-0.2, -0.15) is 0 Å². The molecule has 0 unspecified atom stereocenters. The summed E-state index contributed by atoms with van der Waals surface area (Å²) in [5.41, 5.74) is 1.58. The van der Waals surface area contributed by atoms with E-state index in [1.165, 1.54) is 24.8 Å². The maximum absolute atomic E-state index is 11.2.